The van der Waals surface area contributed by atoms with Crippen LogP contribution in [0, 0.1) is 0 Å². The Morgan fingerprint density at radius 1 is 0.538 bits per heavy atom. The van der Waals surface area contributed by atoms with Gasteiger partial charge in [0.2, 0.25) is 0 Å². The summed E-state index contributed by atoms with van der Waals surface area (Å²) in [5.41, 5.74) is 3.04. The highest BCUT2D eigenvalue weighted by Gasteiger charge is 2.44. The summed E-state index contributed by atoms with van der Waals surface area (Å²) in [5.74, 6) is 2.35. The van der Waals surface area contributed by atoms with Crippen molar-refractivity contribution in [1.29, 1.82) is 0 Å². The van der Waals surface area contributed by atoms with E-state index in [0.29, 0.717) is 34.3 Å². The lowest BCUT2D eigenvalue weighted by Crippen LogP contribution is -2.50. The van der Waals surface area contributed by atoms with E-state index in [1.54, 1.807) is 0 Å². The van der Waals surface area contributed by atoms with E-state index in [1.807, 2.05) is 81.8 Å². The Morgan fingerprint density at radius 2 is 1.00 bits per heavy atom. The van der Waals surface area contributed by atoms with E-state index in [1.165, 1.54) is 38.5 Å². The largest absolute Gasteiger partial charge is 0.571 e. The zero-order valence-electron chi connectivity index (χ0n) is 30.2. The number of hydrogen-bond donors (Lipinski definition) is 0. The first-order valence-corrected chi connectivity index (χ1v) is 20.6. The van der Waals surface area contributed by atoms with Crippen molar-refractivity contribution in [2.45, 2.75) is 90.9 Å². The van der Waals surface area contributed by atoms with Gasteiger partial charge in [-0.2, -0.15) is 0 Å². The molecule has 2 aromatic heterocycles. The van der Waals surface area contributed by atoms with Crippen molar-refractivity contribution in [3.63, 3.8) is 0 Å². The summed E-state index contributed by atoms with van der Waals surface area (Å²) in [6.07, 6.45) is 12.9. The quantitative estimate of drug-likeness (QED) is 0.0512. The summed E-state index contributed by atoms with van der Waals surface area (Å²) in [7, 11) is -5.16. The van der Waals surface area contributed by atoms with Gasteiger partial charge in [0.1, 0.15) is 22.6 Å². The van der Waals surface area contributed by atoms with Crippen molar-refractivity contribution in [2.75, 3.05) is 13.2 Å². The molecule has 5 aromatic rings. The minimum absolute atomic E-state index is 0.274. The molecular formula is C40H46BN6O4P. The number of hydrogen-bond acceptors (Lipinski definition) is 8. The van der Waals surface area contributed by atoms with Gasteiger partial charge in [-0.3, -0.25) is 9.05 Å². The SMILES string of the molecule is CCCCCCCCOP(=O)(OCCCCCCCC)OB1n2c3c4ccccc4c2N=c2c4ccccc4c(n21)=NC1=NC(=N3)c2ccccc21. The van der Waals surface area contributed by atoms with Gasteiger partial charge in [-0.1, -0.05) is 151 Å². The van der Waals surface area contributed by atoms with Gasteiger partial charge >= 0.3 is 15.0 Å². The molecule has 52 heavy (non-hydrogen) atoms. The summed E-state index contributed by atoms with van der Waals surface area (Å²) in [5, 5.41) is 3.56. The molecule has 12 heteroatoms. The molecule has 0 unspecified atom stereocenters. The van der Waals surface area contributed by atoms with Gasteiger partial charge in [0.15, 0.2) is 11.7 Å². The van der Waals surface area contributed by atoms with Crippen molar-refractivity contribution in [3.8, 4) is 0 Å². The smallest absolute Gasteiger partial charge is 0.307 e. The van der Waals surface area contributed by atoms with Crippen LogP contribution in [0.25, 0.3) is 21.5 Å². The molecule has 3 aromatic carbocycles. The molecule has 4 bridgehead atoms. The molecule has 268 valence electrons. The Labute approximate surface area is 305 Å². The van der Waals surface area contributed by atoms with Crippen LogP contribution in [0.15, 0.2) is 92.8 Å². The lowest BCUT2D eigenvalue weighted by atomic mass is 10.00. The van der Waals surface area contributed by atoms with Gasteiger partial charge in [-0.05, 0) is 12.8 Å². The van der Waals surface area contributed by atoms with Crippen LogP contribution in [-0.4, -0.2) is 41.0 Å². The second-order valence-electron chi connectivity index (χ2n) is 13.8. The molecule has 8 rings (SSSR count). The fraction of sp³-hybridized carbons (Fsp3) is 0.400. The Hall–Kier alpha value is -4.15. The Kier molecular flexibility index (Phi) is 10.4. The van der Waals surface area contributed by atoms with Gasteiger partial charge < -0.3 is 13.4 Å². The number of unbranched alkanes of at least 4 members (excludes halogenated alkanes) is 10. The van der Waals surface area contributed by atoms with Crippen LogP contribution in [0.3, 0.4) is 0 Å². The maximum Gasteiger partial charge on any atom is 0.571 e. The zero-order chi connectivity index (χ0) is 35.5. The van der Waals surface area contributed by atoms with Gasteiger partial charge in [0, 0.05) is 32.7 Å². The topological polar surface area (TPSA) is 104 Å². The number of amidine groups is 2. The monoisotopic (exact) mass is 716 g/mol. The van der Waals surface area contributed by atoms with Crippen LogP contribution in [0.4, 0.5) is 11.6 Å². The molecule has 0 amide bonds. The molecule has 3 aliphatic heterocycles. The van der Waals surface area contributed by atoms with E-state index in [-0.39, 0.29) is 13.2 Å². The van der Waals surface area contributed by atoms with Gasteiger partial charge in [-0.15, -0.1) is 0 Å². The van der Waals surface area contributed by atoms with E-state index < -0.39 is 15.0 Å². The number of benzene rings is 3. The third-order valence-corrected chi connectivity index (χ3v) is 11.6. The molecule has 0 fully saturated rings. The Bertz CT molecular complexity index is 2320. The van der Waals surface area contributed by atoms with Crippen molar-refractivity contribution in [3.05, 3.63) is 94.9 Å². The van der Waals surface area contributed by atoms with Crippen molar-refractivity contribution < 1.29 is 18.1 Å². The normalized spacial score (nSPS) is 14.3. The lowest BCUT2D eigenvalue weighted by Gasteiger charge is -2.26. The Morgan fingerprint density at radius 3 is 1.58 bits per heavy atom. The second kappa shape index (κ2) is 15.4. The standard InChI is InChI=1S/C40H46BN6O4P/c1-3-5-7-9-11-19-27-49-52(48,50-28-20-12-10-8-6-4-2)51-41-46-37-31-23-15-17-25-33(31)39(46)45-40-34-26-18-16-24-32(34)38(47(40)41)44-36-30-22-14-13-21-29(30)35(42-36)43-37/h13-18,21-26H,3-12,19-20,27-28H2,1-2H3. The molecule has 0 saturated heterocycles. The first-order chi connectivity index (χ1) is 25.6. The summed E-state index contributed by atoms with van der Waals surface area (Å²) in [6.45, 7) is 4.97. The molecule has 10 nitrogen and oxygen atoms in total. The third-order valence-electron chi connectivity index (χ3n) is 10.1. The number of nitrogens with zero attached hydrogens (tertiary/aromatic N) is 6. The van der Waals surface area contributed by atoms with E-state index in [0.717, 1.165) is 71.2 Å². The van der Waals surface area contributed by atoms with E-state index >= 15 is 0 Å². The van der Waals surface area contributed by atoms with Crippen molar-refractivity contribution in [1.82, 2.24) is 8.96 Å². The van der Waals surface area contributed by atoms with Crippen LogP contribution < -0.4 is 11.0 Å². The summed E-state index contributed by atoms with van der Waals surface area (Å²) in [4.78, 5) is 20.7. The number of aromatic nitrogens is 2. The predicted octanol–water partition coefficient (Wildman–Crippen LogP) is 9.59. The average molecular weight is 717 g/mol. The molecule has 5 heterocycles. The molecule has 0 saturated carbocycles. The first kappa shape index (κ1) is 34.9. The highest BCUT2D eigenvalue weighted by Crippen LogP contribution is 2.52. The van der Waals surface area contributed by atoms with Gasteiger partial charge in [-0.25, -0.2) is 24.5 Å². The molecule has 0 N–H and O–H groups in total. The molecule has 0 atom stereocenters. The highest BCUT2D eigenvalue weighted by atomic mass is 31.2. The number of phosphoric acid groups is 1. The van der Waals surface area contributed by atoms with Crippen molar-refractivity contribution >= 4 is 59.9 Å². The summed E-state index contributed by atoms with van der Waals surface area (Å²) < 4.78 is 38.1. The van der Waals surface area contributed by atoms with Crippen LogP contribution in [0.2, 0.25) is 0 Å². The van der Waals surface area contributed by atoms with Crippen molar-refractivity contribution in [2.24, 2.45) is 20.0 Å². The maximum absolute atomic E-state index is 15.0. The van der Waals surface area contributed by atoms with Crippen LogP contribution in [0.5, 0.6) is 0 Å². The fourth-order valence-corrected chi connectivity index (χ4v) is 8.77. The minimum Gasteiger partial charge on any atom is -0.307 e. The minimum atomic E-state index is -4.14. The average Bonchev–Trinajstić information content (AvgIpc) is 3.79. The van der Waals surface area contributed by atoms with E-state index in [4.69, 9.17) is 33.5 Å². The predicted molar refractivity (Wildman–Crippen MR) is 209 cm³/mol. The summed E-state index contributed by atoms with van der Waals surface area (Å²) >= 11 is 0. The first-order valence-electron chi connectivity index (χ1n) is 19.1. The number of phosphoric ester groups is 1. The Balaban J connectivity index is 1.26. The molecular weight excluding hydrogens is 670 g/mol. The van der Waals surface area contributed by atoms with Gasteiger partial charge in [0.25, 0.3) is 0 Å². The zero-order valence-corrected chi connectivity index (χ0v) is 31.1. The molecule has 3 aliphatic rings. The van der Waals surface area contributed by atoms with E-state index in [9.17, 15) is 4.57 Å². The second-order valence-corrected chi connectivity index (χ2v) is 15.5. The third kappa shape index (κ3) is 6.64. The lowest BCUT2D eigenvalue weighted by molar-refractivity contribution is 0.148. The highest BCUT2D eigenvalue weighted by molar-refractivity contribution is 7.49. The van der Waals surface area contributed by atoms with Gasteiger partial charge in [0.05, 0.1) is 13.2 Å². The van der Waals surface area contributed by atoms with Crippen LogP contribution in [0.1, 0.15) is 102 Å². The number of rotatable bonds is 18. The number of aliphatic imine (C=N–C) groups is 2. The molecule has 0 radical (unpaired) electrons. The van der Waals surface area contributed by atoms with E-state index in [2.05, 4.69) is 13.8 Å². The maximum atomic E-state index is 15.0. The fourth-order valence-electron chi connectivity index (χ4n) is 7.45. The molecule has 0 aliphatic carbocycles. The van der Waals surface area contributed by atoms with Crippen LogP contribution in [-0.2, 0) is 18.1 Å². The van der Waals surface area contributed by atoms with Crippen LogP contribution >= 0.6 is 7.82 Å². The number of fused-ring (bicyclic) bond motifs is 10. The summed E-state index contributed by atoms with van der Waals surface area (Å²) in [6, 6.07) is 24.1. The molecule has 0 spiro atoms.